The molecule has 0 saturated heterocycles. The monoisotopic (exact) mass is 274 g/mol. The first-order chi connectivity index (χ1) is 9.72. The molecule has 1 aliphatic rings. The second kappa shape index (κ2) is 6.85. The van der Waals surface area contributed by atoms with Crippen molar-refractivity contribution < 1.29 is 19.0 Å². The lowest BCUT2D eigenvalue weighted by Gasteiger charge is -2.16. The van der Waals surface area contributed by atoms with Gasteiger partial charge in [-0.2, -0.15) is 0 Å². The molecular formula is C16H18O4. The van der Waals surface area contributed by atoms with Gasteiger partial charge < -0.3 is 14.2 Å². The highest BCUT2D eigenvalue weighted by Crippen LogP contribution is 2.32. The second-order valence-corrected chi connectivity index (χ2v) is 4.63. The number of carbonyl (C=O) groups is 1. The van der Waals surface area contributed by atoms with E-state index in [9.17, 15) is 4.79 Å². The zero-order valence-electron chi connectivity index (χ0n) is 11.8. The van der Waals surface area contributed by atoms with E-state index in [1.807, 2.05) is 0 Å². The number of methoxy groups -OCH3 is 2. The Bertz CT molecular complexity index is 533. The third kappa shape index (κ3) is 3.67. The third-order valence-corrected chi connectivity index (χ3v) is 3.25. The smallest absolute Gasteiger partial charge is 0.384 e. The van der Waals surface area contributed by atoms with Crippen LogP contribution in [0.25, 0.3) is 0 Å². The summed E-state index contributed by atoms with van der Waals surface area (Å²) in [6, 6.07) is 5.38. The van der Waals surface area contributed by atoms with Gasteiger partial charge in [-0.25, -0.2) is 4.79 Å². The Labute approximate surface area is 119 Å². The van der Waals surface area contributed by atoms with Crippen molar-refractivity contribution in [1.82, 2.24) is 0 Å². The molecule has 0 bridgehead atoms. The molecule has 1 saturated carbocycles. The number of hydrogen-bond donors (Lipinski definition) is 0. The Morgan fingerprint density at radius 1 is 1.20 bits per heavy atom. The van der Waals surface area contributed by atoms with Gasteiger partial charge in [-0.3, -0.25) is 0 Å². The molecule has 106 valence electrons. The number of esters is 1. The van der Waals surface area contributed by atoms with Crippen molar-refractivity contribution in [3.8, 4) is 23.3 Å². The van der Waals surface area contributed by atoms with E-state index < -0.39 is 5.97 Å². The molecule has 20 heavy (non-hydrogen) atoms. The highest BCUT2D eigenvalue weighted by Gasteiger charge is 2.18. The molecule has 0 N–H and O–H groups in total. The van der Waals surface area contributed by atoms with Crippen molar-refractivity contribution in [3.05, 3.63) is 23.8 Å². The van der Waals surface area contributed by atoms with Crippen molar-refractivity contribution in [1.29, 1.82) is 0 Å². The maximum absolute atomic E-state index is 11.0. The molecule has 1 aromatic rings. The minimum Gasteiger partial charge on any atom is -0.493 e. The van der Waals surface area contributed by atoms with Crippen LogP contribution >= 0.6 is 0 Å². The standard InChI is InChI=1S/C16H18O4/c1-18-14-9-7-12(8-10-16(17)19-2)11-15(14)20-13-5-3-4-6-13/h7,9,11,13H,3-6H2,1-2H3. The zero-order chi connectivity index (χ0) is 14.4. The first-order valence-corrected chi connectivity index (χ1v) is 6.67. The van der Waals surface area contributed by atoms with E-state index in [0.29, 0.717) is 17.1 Å². The van der Waals surface area contributed by atoms with E-state index >= 15 is 0 Å². The molecule has 0 aromatic heterocycles. The Morgan fingerprint density at radius 2 is 1.95 bits per heavy atom. The summed E-state index contributed by atoms with van der Waals surface area (Å²) in [7, 11) is 2.91. The second-order valence-electron chi connectivity index (χ2n) is 4.63. The highest BCUT2D eigenvalue weighted by molar-refractivity contribution is 5.89. The van der Waals surface area contributed by atoms with Crippen molar-refractivity contribution in [3.63, 3.8) is 0 Å². The van der Waals surface area contributed by atoms with Crippen LogP contribution in [0.5, 0.6) is 11.5 Å². The Balaban J connectivity index is 2.18. The molecule has 2 rings (SSSR count). The van der Waals surface area contributed by atoms with Gasteiger partial charge in [-0.05, 0) is 43.9 Å². The zero-order valence-corrected chi connectivity index (χ0v) is 11.8. The lowest BCUT2D eigenvalue weighted by atomic mass is 10.2. The van der Waals surface area contributed by atoms with Gasteiger partial charge in [0, 0.05) is 11.5 Å². The van der Waals surface area contributed by atoms with Gasteiger partial charge in [0.05, 0.1) is 20.3 Å². The van der Waals surface area contributed by atoms with Gasteiger partial charge in [-0.15, -0.1) is 0 Å². The Kier molecular flexibility index (Phi) is 4.89. The number of rotatable bonds is 3. The first-order valence-electron chi connectivity index (χ1n) is 6.67. The molecule has 0 amide bonds. The van der Waals surface area contributed by atoms with Crippen molar-refractivity contribution >= 4 is 5.97 Å². The highest BCUT2D eigenvalue weighted by atomic mass is 16.5. The molecule has 1 fully saturated rings. The van der Waals surface area contributed by atoms with Gasteiger partial charge in [0.25, 0.3) is 0 Å². The van der Waals surface area contributed by atoms with Crippen molar-refractivity contribution in [2.24, 2.45) is 0 Å². The lowest BCUT2D eigenvalue weighted by molar-refractivity contribution is -0.133. The van der Waals surface area contributed by atoms with Crippen molar-refractivity contribution in [2.75, 3.05) is 14.2 Å². The number of carbonyl (C=O) groups excluding carboxylic acids is 1. The van der Waals surface area contributed by atoms with Crippen molar-refractivity contribution in [2.45, 2.75) is 31.8 Å². The Morgan fingerprint density at radius 3 is 2.60 bits per heavy atom. The Hall–Kier alpha value is -2.15. The van der Waals surface area contributed by atoms with Crippen LogP contribution in [0.1, 0.15) is 31.2 Å². The van der Waals surface area contributed by atoms with Gasteiger partial charge in [0.1, 0.15) is 0 Å². The molecule has 0 aliphatic heterocycles. The molecule has 4 heteroatoms. The molecule has 0 heterocycles. The lowest BCUT2D eigenvalue weighted by Crippen LogP contribution is -2.11. The van der Waals surface area contributed by atoms with Crippen LogP contribution in [-0.2, 0) is 9.53 Å². The topological polar surface area (TPSA) is 44.8 Å². The van der Waals surface area contributed by atoms with Crippen LogP contribution in [0.3, 0.4) is 0 Å². The molecule has 4 nitrogen and oxygen atoms in total. The van der Waals surface area contributed by atoms with Gasteiger partial charge in [-0.1, -0.05) is 5.92 Å². The minimum atomic E-state index is -0.556. The first kappa shape index (κ1) is 14.3. The predicted molar refractivity (Wildman–Crippen MR) is 74.8 cm³/mol. The molecular weight excluding hydrogens is 256 g/mol. The van der Waals surface area contributed by atoms with Gasteiger partial charge >= 0.3 is 5.97 Å². The molecule has 0 spiro atoms. The number of benzene rings is 1. The van der Waals surface area contributed by atoms with E-state index in [1.54, 1.807) is 25.3 Å². The van der Waals surface area contributed by atoms with Gasteiger partial charge in [0.2, 0.25) is 0 Å². The van der Waals surface area contributed by atoms with E-state index in [2.05, 4.69) is 16.6 Å². The van der Waals surface area contributed by atoms with Crippen LogP contribution in [0.15, 0.2) is 18.2 Å². The van der Waals surface area contributed by atoms with E-state index in [-0.39, 0.29) is 6.10 Å². The summed E-state index contributed by atoms with van der Waals surface area (Å²) in [6.07, 6.45) is 4.79. The summed E-state index contributed by atoms with van der Waals surface area (Å²) in [6.45, 7) is 0. The average Bonchev–Trinajstić information content (AvgIpc) is 2.98. The van der Waals surface area contributed by atoms with Gasteiger partial charge in [0.15, 0.2) is 11.5 Å². The fourth-order valence-corrected chi connectivity index (χ4v) is 2.21. The molecule has 1 aliphatic carbocycles. The predicted octanol–water partition coefficient (Wildman–Crippen LogP) is 2.54. The largest absolute Gasteiger partial charge is 0.493 e. The summed E-state index contributed by atoms with van der Waals surface area (Å²) >= 11 is 0. The summed E-state index contributed by atoms with van der Waals surface area (Å²) in [5.74, 6) is 5.95. The van der Waals surface area contributed by atoms with Crippen LogP contribution < -0.4 is 9.47 Å². The average molecular weight is 274 g/mol. The molecule has 0 atom stereocenters. The number of ether oxygens (including phenoxy) is 3. The maximum atomic E-state index is 11.0. The molecule has 1 aromatic carbocycles. The van der Waals surface area contributed by atoms with E-state index in [0.717, 1.165) is 12.8 Å². The minimum absolute atomic E-state index is 0.243. The van der Waals surface area contributed by atoms with Crippen LogP contribution in [0.2, 0.25) is 0 Å². The fourth-order valence-electron chi connectivity index (χ4n) is 2.21. The summed E-state index contributed by atoms with van der Waals surface area (Å²) in [4.78, 5) is 11.0. The maximum Gasteiger partial charge on any atom is 0.384 e. The van der Waals surface area contributed by atoms with E-state index in [1.165, 1.54) is 20.0 Å². The summed E-state index contributed by atoms with van der Waals surface area (Å²) < 4.78 is 15.7. The van der Waals surface area contributed by atoms with Crippen LogP contribution in [-0.4, -0.2) is 26.3 Å². The normalized spacial score (nSPS) is 14.3. The molecule has 0 unspecified atom stereocenters. The summed E-state index contributed by atoms with van der Waals surface area (Å²) in [5, 5.41) is 0. The SMILES string of the molecule is COC(=O)C#Cc1ccc(OC)c(OC2CCCC2)c1. The molecule has 0 radical (unpaired) electrons. The third-order valence-electron chi connectivity index (χ3n) is 3.25. The van der Waals surface area contributed by atoms with Crippen LogP contribution in [0, 0.1) is 11.8 Å². The number of hydrogen-bond acceptors (Lipinski definition) is 4. The quantitative estimate of drug-likeness (QED) is 0.627. The fraction of sp³-hybridized carbons (Fsp3) is 0.438. The van der Waals surface area contributed by atoms with Crippen LogP contribution in [0.4, 0.5) is 0 Å². The van der Waals surface area contributed by atoms with E-state index in [4.69, 9.17) is 9.47 Å². The summed E-state index contributed by atoms with van der Waals surface area (Å²) in [5.41, 5.74) is 0.698.